The molecule has 6 rings (SSSR count). The number of hydrogen-bond acceptors (Lipinski definition) is 7. The van der Waals surface area contributed by atoms with Crippen molar-refractivity contribution < 1.29 is 4.74 Å². The second-order valence-electron chi connectivity index (χ2n) is 9.09. The van der Waals surface area contributed by atoms with Gasteiger partial charge in [0.15, 0.2) is 11.5 Å². The molecule has 1 N–H and O–H groups in total. The molecule has 0 saturated carbocycles. The fourth-order valence-electron chi connectivity index (χ4n) is 5.01. The molecule has 0 spiro atoms. The number of anilines is 3. The molecule has 0 bridgehead atoms. The van der Waals surface area contributed by atoms with Crippen LogP contribution in [0.3, 0.4) is 0 Å². The topological polar surface area (TPSA) is 70.3 Å². The molecule has 1 fully saturated rings. The van der Waals surface area contributed by atoms with Crippen LogP contribution >= 0.6 is 0 Å². The van der Waals surface area contributed by atoms with Gasteiger partial charge in [0.2, 0.25) is 0 Å². The second kappa shape index (κ2) is 9.62. The molecule has 0 atom stereocenters. The van der Waals surface area contributed by atoms with Crippen LogP contribution in [0.4, 0.5) is 17.2 Å². The highest BCUT2D eigenvalue weighted by Gasteiger charge is 2.21. The Labute approximate surface area is 211 Å². The van der Waals surface area contributed by atoms with Crippen LogP contribution in [0.2, 0.25) is 0 Å². The van der Waals surface area contributed by atoms with E-state index in [0.717, 1.165) is 73.6 Å². The van der Waals surface area contributed by atoms with Crippen LogP contribution in [-0.2, 0) is 11.3 Å². The summed E-state index contributed by atoms with van der Waals surface area (Å²) in [5, 5.41) is 3.50. The molecule has 4 aromatic rings. The molecule has 0 unspecified atom stereocenters. The first-order valence-electron chi connectivity index (χ1n) is 12.7. The zero-order chi connectivity index (χ0) is 24.5. The standard InChI is InChI=1S/C28H31N7O/c1-3-33(4-2)27-24-10-5-20(17-21(24)18-30-27)25-19-35-12-11-29-28(35)26(32-25)31-22-6-8-23(9-7-22)34-13-15-36-16-14-34/h5-12,17,19H,3-4,13-16,18H2,1-2H3,(H,31,32). The van der Waals surface area contributed by atoms with Gasteiger partial charge in [-0.15, -0.1) is 0 Å². The molecule has 0 radical (unpaired) electrons. The van der Waals surface area contributed by atoms with Gasteiger partial charge < -0.3 is 24.3 Å². The Bertz CT molecular complexity index is 1400. The minimum atomic E-state index is 0.711. The highest BCUT2D eigenvalue weighted by atomic mass is 16.5. The van der Waals surface area contributed by atoms with Gasteiger partial charge in [-0.2, -0.15) is 0 Å². The minimum Gasteiger partial charge on any atom is -0.378 e. The Morgan fingerprint density at radius 2 is 1.83 bits per heavy atom. The Kier molecular flexibility index (Phi) is 6.03. The third kappa shape index (κ3) is 4.18. The average Bonchev–Trinajstić information content (AvgIpc) is 3.58. The maximum Gasteiger partial charge on any atom is 0.180 e. The van der Waals surface area contributed by atoms with E-state index in [1.165, 1.54) is 16.8 Å². The number of benzene rings is 2. The molecule has 2 aliphatic heterocycles. The number of hydrogen-bond donors (Lipinski definition) is 1. The molecule has 8 heteroatoms. The van der Waals surface area contributed by atoms with E-state index in [2.05, 4.69) is 76.4 Å². The summed E-state index contributed by atoms with van der Waals surface area (Å²) < 4.78 is 7.50. The van der Waals surface area contributed by atoms with Gasteiger partial charge in [-0.3, -0.25) is 4.99 Å². The first kappa shape index (κ1) is 22.5. The molecule has 2 aromatic heterocycles. The van der Waals surface area contributed by atoms with Crippen molar-refractivity contribution in [1.82, 2.24) is 19.3 Å². The predicted molar refractivity (Wildman–Crippen MR) is 144 cm³/mol. The molecular weight excluding hydrogens is 450 g/mol. The van der Waals surface area contributed by atoms with E-state index in [1.807, 2.05) is 16.8 Å². The highest BCUT2D eigenvalue weighted by Crippen LogP contribution is 2.29. The summed E-state index contributed by atoms with van der Waals surface area (Å²) in [6, 6.07) is 15.0. The predicted octanol–water partition coefficient (Wildman–Crippen LogP) is 4.58. The lowest BCUT2D eigenvalue weighted by atomic mass is 10.0. The van der Waals surface area contributed by atoms with Gasteiger partial charge in [0, 0.05) is 67.3 Å². The lowest BCUT2D eigenvalue weighted by Gasteiger charge is -2.28. The first-order valence-corrected chi connectivity index (χ1v) is 12.7. The molecule has 1 saturated heterocycles. The van der Waals surface area contributed by atoms with Gasteiger partial charge in [-0.1, -0.05) is 12.1 Å². The normalized spacial score (nSPS) is 15.2. The van der Waals surface area contributed by atoms with Crippen LogP contribution in [0.15, 0.2) is 66.0 Å². The molecule has 184 valence electrons. The Hall–Kier alpha value is -3.91. The highest BCUT2D eigenvalue weighted by molar-refractivity contribution is 6.02. The van der Waals surface area contributed by atoms with E-state index < -0.39 is 0 Å². The minimum absolute atomic E-state index is 0.711. The number of nitrogens with one attached hydrogen (secondary N) is 1. The number of rotatable bonds is 6. The number of nitrogens with zero attached hydrogens (tertiary/aromatic N) is 6. The Morgan fingerprint density at radius 3 is 2.61 bits per heavy atom. The van der Waals surface area contributed by atoms with Crippen LogP contribution in [0, 0.1) is 0 Å². The zero-order valence-corrected chi connectivity index (χ0v) is 20.8. The number of morpholine rings is 1. The van der Waals surface area contributed by atoms with E-state index in [4.69, 9.17) is 14.7 Å². The third-order valence-electron chi connectivity index (χ3n) is 6.98. The largest absolute Gasteiger partial charge is 0.378 e. The maximum atomic E-state index is 5.48. The SMILES string of the molecule is CCN(CC)C1=NCc2cc(-c3cn4ccnc4c(Nc4ccc(N5CCOCC5)cc4)n3)ccc21. The van der Waals surface area contributed by atoms with Crippen LogP contribution in [-0.4, -0.2) is 64.5 Å². The zero-order valence-electron chi connectivity index (χ0n) is 20.8. The third-order valence-corrected chi connectivity index (χ3v) is 6.98. The van der Waals surface area contributed by atoms with E-state index in [0.29, 0.717) is 6.54 Å². The summed E-state index contributed by atoms with van der Waals surface area (Å²) in [7, 11) is 0. The van der Waals surface area contributed by atoms with Crippen molar-refractivity contribution in [3.63, 3.8) is 0 Å². The number of aromatic nitrogens is 3. The quantitative estimate of drug-likeness (QED) is 0.435. The van der Waals surface area contributed by atoms with Crippen molar-refractivity contribution in [3.8, 4) is 11.3 Å². The van der Waals surface area contributed by atoms with Gasteiger partial charge in [0.1, 0.15) is 5.84 Å². The molecule has 2 aliphatic rings. The van der Waals surface area contributed by atoms with Crippen LogP contribution in [0.1, 0.15) is 25.0 Å². The number of amidine groups is 1. The Morgan fingerprint density at radius 1 is 1.03 bits per heavy atom. The first-order chi connectivity index (χ1) is 17.7. The molecule has 4 heterocycles. The fourth-order valence-corrected chi connectivity index (χ4v) is 5.01. The summed E-state index contributed by atoms with van der Waals surface area (Å²) in [4.78, 5) is 19.0. The van der Waals surface area contributed by atoms with Gasteiger partial charge >= 0.3 is 0 Å². The van der Waals surface area contributed by atoms with Gasteiger partial charge in [-0.25, -0.2) is 9.97 Å². The van der Waals surface area contributed by atoms with Gasteiger partial charge in [-0.05, 0) is 49.7 Å². The van der Waals surface area contributed by atoms with Crippen molar-refractivity contribution in [3.05, 3.63) is 72.2 Å². The van der Waals surface area contributed by atoms with Crippen molar-refractivity contribution in [2.75, 3.05) is 49.6 Å². The molecule has 8 nitrogen and oxygen atoms in total. The molecular formula is C28H31N7O. The van der Waals surface area contributed by atoms with Gasteiger partial charge in [0.05, 0.1) is 25.5 Å². The summed E-state index contributed by atoms with van der Waals surface area (Å²) >= 11 is 0. The second-order valence-corrected chi connectivity index (χ2v) is 9.09. The average molecular weight is 482 g/mol. The summed E-state index contributed by atoms with van der Waals surface area (Å²) in [5.74, 6) is 1.83. The van der Waals surface area contributed by atoms with Gasteiger partial charge in [0.25, 0.3) is 0 Å². The maximum absolute atomic E-state index is 5.48. The monoisotopic (exact) mass is 481 g/mol. The number of imidazole rings is 1. The van der Waals surface area contributed by atoms with Crippen LogP contribution in [0.25, 0.3) is 16.9 Å². The van der Waals surface area contributed by atoms with Crippen molar-refractivity contribution in [2.24, 2.45) is 4.99 Å². The van der Waals surface area contributed by atoms with Crippen molar-refractivity contribution in [1.29, 1.82) is 0 Å². The molecule has 0 aliphatic carbocycles. The number of aliphatic imine (C=N–C) groups is 1. The summed E-state index contributed by atoms with van der Waals surface area (Å²) in [6.07, 6.45) is 5.81. The van der Waals surface area contributed by atoms with Crippen molar-refractivity contribution in [2.45, 2.75) is 20.4 Å². The van der Waals surface area contributed by atoms with E-state index in [1.54, 1.807) is 6.20 Å². The lowest BCUT2D eigenvalue weighted by molar-refractivity contribution is 0.122. The lowest BCUT2D eigenvalue weighted by Crippen LogP contribution is -2.36. The summed E-state index contributed by atoms with van der Waals surface area (Å²) in [5.41, 5.74) is 7.43. The molecule has 0 amide bonds. The molecule has 36 heavy (non-hydrogen) atoms. The van der Waals surface area contributed by atoms with E-state index in [9.17, 15) is 0 Å². The van der Waals surface area contributed by atoms with Crippen molar-refractivity contribution >= 4 is 28.7 Å². The fraction of sp³-hybridized carbons (Fsp3) is 0.321. The number of fused-ring (bicyclic) bond motifs is 2. The van der Waals surface area contributed by atoms with E-state index in [-0.39, 0.29) is 0 Å². The summed E-state index contributed by atoms with van der Waals surface area (Å²) in [6.45, 7) is 10.4. The van der Waals surface area contributed by atoms with Crippen LogP contribution in [0.5, 0.6) is 0 Å². The smallest absolute Gasteiger partial charge is 0.180 e. The van der Waals surface area contributed by atoms with E-state index >= 15 is 0 Å². The Balaban J connectivity index is 1.28. The van der Waals surface area contributed by atoms with Crippen LogP contribution < -0.4 is 10.2 Å². The molecule has 2 aromatic carbocycles. The number of ether oxygens (including phenoxy) is 1.